The number of hydrogen-bond acceptors (Lipinski definition) is 6. The zero-order chi connectivity index (χ0) is 23.9. The smallest absolute Gasteiger partial charge is 0.439 e. The summed E-state index contributed by atoms with van der Waals surface area (Å²) in [6, 6.07) is 14.8. The molecule has 0 bridgehead atoms. The predicted octanol–water partition coefficient (Wildman–Crippen LogP) is 5.74. The number of hydrogen-bond donors (Lipinski definition) is 1. The minimum Gasteiger partial charge on any atom is -0.472 e. The molecule has 34 heavy (non-hydrogen) atoms. The molecule has 0 atom stereocenters. The van der Waals surface area contributed by atoms with Crippen molar-refractivity contribution in [2.75, 3.05) is 0 Å². The Morgan fingerprint density at radius 3 is 2.41 bits per heavy atom. The summed E-state index contributed by atoms with van der Waals surface area (Å²) in [6.07, 6.45) is -1.96. The Bertz CT molecular complexity index is 1540. The Kier molecular flexibility index (Phi) is 5.12. The lowest BCUT2D eigenvalue weighted by Gasteiger charge is -2.11. The van der Waals surface area contributed by atoms with Gasteiger partial charge in [0.15, 0.2) is 11.6 Å². The van der Waals surface area contributed by atoms with E-state index in [9.17, 15) is 18.0 Å². The normalized spacial score (nSPS) is 11.6. The minimum absolute atomic E-state index is 0.0685. The monoisotopic (exact) mass is 464 g/mol. The lowest BCUT2D eigenvalue weighted by atomic mass is 9.98. The Labute approximate surface area is 189 Å². The molecule has 0 fully saturated rings. The standard InChI is InChI=1S/C24H15F3N4O3/c1-13-5-6-15(10-18(13)22-30-23(32)34-31-22)14-3-2-4-16(9-14)21-28-19(17-7-8-33-12-17)11-20(29-21)24(25,26)27/h2-12H,1H3,(H,30,31,32). The second-order valence-corrected chi connectivity index (χ2v) is 7.53. The van der Waals surface area contributed by atoms with Crippen LogP contribution in [0.25, 0.3) is 45.2 Å². The van der Waals surface area contributed by atoms with Crippen molar-refractivity contribution in [3.8, 4) is 45.2 Å². The largest absolute Gasteiger partial charge is 0.472 e. The van der Waals surface area contributed by atoms with Crippen LogP contribution in [0.5, 0.6) is 0 Å². The summed E-state index contributed by atoms with van der Waals surface area (Å²) >= 11 is 0. The van der Waals surface area contributed by atoms with Gasteiger partial charge in [-0.2, -0.15) is 13.2 Å². The van der Waals surface area contributed by atoms with Gasteiger partial charge in [-0.25, -0.2) is 14.8 Å². The van der Waals surface area contributed by atoms with Gasteiger partial charge in [-0.3, -0.25) is 9.51 Å². The van der Waals surface area contributed by atoms with Crippen LogP contribution < -0.4 is 5.76 Å². The SMILES string of the molecule is Cc1ccc(-c2cccc(-c3nc(-c4ccoc4)cc(C(F)(F)F)n3)c2)cc1-c1noc(=O)[nH]1. The summed E-state index contributed by atoms with van der Waals surface area (Å²) in [4.78, 5) is 22.0. The maximum atomic E-state index is 13.5. The minimum atomic E-state index is -4.64. The van der Waals surface area contributed by atoms with Crippen molar-refractivity contribution >= 4 is 0 Å². The van der Waals surface area contributed by atoms with E-state index in [0.717, 1.165) is 22.8 Å². The first-order chi connectivity index (χ1) is 16.3. The Hall–Kier alpha value is -4.47. The second-order valence-electron chi connectivity index (χ2n) is 7.53. The van der Waals surface area contributed by atoms with Crippen LogP contribution in [0, 0.1) is 6.92 Å². The number of nitrogens with one attached hydrogen (secondary N) is 1. The summed E-state index contributed by atoms with van der Waals surface area (Å²) in [6.45, 7) is 1.86. The number of nitrogens with zero attached hydrogens (tertiary/aromatic N) is 3. The quantitative estimate of drug-likeness (QED) is 0.364. The number of benzene rings is 2. The lowest BCUT2D eigenvalue weighted by molar-refractivity contribution is -0.141. The van der Waals surface area contributed by atoms with Gasteiger partial charge in [0.05, 0.1) is 18.2 Å². The number of furan rings is 1. The molecule has 0 amide bonds. The molecular weight excluding hydrogens is 449 g/mol. The highest BCUT2D eigenvalue weighted by Gasteiger charge is 2.34. The zero-order valence-electron chi connectivity index (χ0n) is 17.6. The Morgan fingerprint density at radius 2 is 1.71 bits per heavy atom. The van der Waals surface area contributed by atoms with Crippen molar-refractivity contribution in [2.24, 2.45) is 0 Å². The summed E-state index contributed by atoms with van der Waals surface area (Å²) in [5.74, 6) is -0.454. The molecule has 5 aromatic rings. The summed E-state index contributed by atoms with van der Waals surface area (Å²) < 4.78 is 50.2. The first kappa shape index (κ1) is 21.4. The molecule has 0 aliphatic carbocycles. The topological polar surface area (TPSA) is 97.8 Å². The first-order valence-electron chi connectivity index (χ1n) is 10.0. The molecular formula is C24H15F3N4O3. The molecule has 0 saturated heterocycles. The van der Waals surface area contributed by atoms with E-state index in [1.165, 1.54) is 18.6 Å². The van der Waals surface area contributed by atoms with E-state index in [4.69, 9.17) is 4.42 Å². The van der Waals surface area contributed by atoms with Gasteiger partial charge in [0.25, 0.3) is 0 Å². The molecule has 0 radical (unpaired) electrons. The van der Waals surface area contributed by atoms with Gasteiger partial charge >= 0.3 is 11.9 Å². The van der Waals surface area contributed by atoms with E-state index in [1.807, 2.05) is 31.2 Å². The van der Waals surface area contributed by atoms with Gasteiger partial charge in [0, 0.05) is 16.7 Å². The number of H-pyrrole nitrogens is 1. The summed E-state index contributed by atoms with van der Waals surface area (Å²) in [5.41, 5.74) is 2.86. The van der Waals surface area contributed by atoms with Crippen LogP contribution >= 0.6 is 0 Å². The van der Waals surface area contributed by atoms with E-state index >= 15 is 0 Å². The second kappa shape index (κ2) is 8.14. The van der Waals surface area contributed by atoms with Crippen LogP contribution in [-0.4, -0.2) is 20.1 Å². The summed E-state index contributed by atoms with van der Waals surface area (Å²) in [5, 5.41) is 3.74. The average molecular weight is 464 g/mol. The van der Waals surface area contributed by atoms with Gasteiger partial charge in [0.2, 0.25) is 0 Å². The molecule has 0 unspecified atom stereocenters. The predicted molar refractivity (Wildman–Crippen MR) is 116 cm³/mol. The molecule has 1 N–H and O–H groups in total. The number of alkyl halides is 3. The third-order valence-corrected chi connectivity index (χ3v) is 5.22. The molecule has 7 nitrogen and oxygen atoms in total. The van der Waals surface area contributed by atoms with Gasteiger partial charge < -0.3 is 4.42 Å². The Balaban J connectivity index is 1.61. The molecule has 0 aliphatic heterocycles. The number of halogens is 3. The highest BCUT2D eigenvalue weighted by molar-refractivity contribution is 5.75. The molecule has 2 aromatic carbocycles. The molecule has 0 aliphatic rings. The van der Waals surface area contributed by atoms with Crippen LogP contribution in [0.4, 0.5) is 13.2 Å². The fourth-order valence-corrected chi connectivity index (χ4v) is 3.52. The third kappa shape index (κ3) is 4.13. The van der Waals surface area contributed by atoms with E-state index in [1.54, 1.807) is 18.2 Å². The van der Waals surface area contributed by atoms with Crippen LogP contribution in [-0.2, 0) is 6.18 Å². The number of aryl methyl sites for hydroxylation is 1. The Morgan fingerprint density at radius 1 is 0.912 bits per heavy atom. The van der Waals surface area contributed by atoms with Crippen molar-refractivity contribution in [3.63, 3.8) is 0 Å². The van der Waals surface area contributed by atoms with Crippen molar-refractivity contribution in [1.29, 1.82) is 0 Å². The molecule has 0 saturated carbocycles. The van der Waals surface area contributed by atoms with Crippen molar-refractivity contribution in [1.82, 2.24) is 20.1 Å². The molecule has 3 aromatic heterocycles. The van der Waals surface area contributed by atoms with E-state index in [-0.39, 0.29) is 17.3 Å². The highest BCUT2D eigenvalue weighted by Crippen LogP contribution is 2.34. The van der Waals surface area contributed by atoms with Crippen LogP contribution in [0.3, 0.4) is 0 Å². The number of aromatic amines is 1. The zero-order valence-corrected chi connectivity index (χ0v) is 17.6. The van der Waals surface area contributed by atoms with E-state index in [0.29, 0.717) is 16.7 Å². The fraction of sp³-hybridized carbons (Fsp3) is 0.0833. The van der Waals surface area contributed by atoms with Gasteiger partial charge in [-0.15, -0.1) is 0 Å². The molecule has 3 heterocycles. The highest BCUT2D eigenvalue weighted by atomic mass is 19.4. The number of rotatable bonds is 4. The van der Waals surface area contributed by atoms with Gasteiger partial charge in [0.1, 0.15) is 5.69 Å². The lowest BCUT2D eigenvalue weighted by Crippen LogP contribution is -2.10. The van der Waals surface area contributed by atoms with Crippen molar-refractivity contribution in [3.05, 3.63) is 88.9 Å². The van der Waals surface area contributed by atoms with Gasteiger partial charge in [-0.05, 0) is 47.9 Å². The first-order valence-corrected chi connectivity index (χ1v) is 10.0. The van der Waals surface area contributed by atoms with Gasteiger partial charge in [-0.1, -0.05) is 35.5 Å². The van der Waals surface area contributed by atoms with Crippen molar-refractivity contribution < 1.29 is 22.1 Å². The summed E-state index contributed by atoms with van der Waals surface area (Å²) in [7, 11) is 0. The molecule has 0 spiro atoms. The van der Waals surface area contributed by atoms with Crippen molar-refractivity contribution in [2.45, 2.75) is 13.1 Å². The third-order valence-electron chi connectivity index (χ3n) is 5.22. The van der Waals surface area contributed by atoms with E-state index < -0.39 is 17.6 Å². The number of aromatic nitrogens is 4. The molecule has 170 valence electrons. The van der Waals surface area contributed by atoms with E-state index in [2.05, 4.69) is 24.6 Å². The fourth-order valence-electron chi connectivity index (χ4n) is 3.52. The average Bonchev–Trinajstić information content (AvgIpc) is 3.51. The van der Waals surface area contributed by atoms with Crippen LogP contribution in [0.15, 0.2) is 80.9 Å². The van der Waals surface area contributed by atoms with Crippen LogP contribution in [0.1, 0.15) is 11.3 Å². The maximum Gasteiger partial charge on any atom is 0.439 e. The molecule has 10 heteroatoms. The van der Waals surface area contributed by atoms with Crippen LogP contribution in [0.2, 0.25) is 0 Å². The maximum absolute atomic E-state index is 13.5. The molecule has 5 rings (SSSR count).